The van der Waals surface area contributed by atoms with Crippen LogP contribution in [-0.2, 0) is 0 Å². The summed E-state index contributed by atoms with van der Waals surface area (Å²) in [5, 5.41) is 10.3. The van der Waals surface area contributed by atoms with E-state index in [1.165, 1.54) is 0 Å². The van der Waals surface area contributed by atoms with E-state index in [4.69, 9.17) is 9.47 Å². The van der Waals surface area contributed by atoms with Crippen LogP contribution in [0.4, 0.5) is 0 Å². The molecule has 2 atom stereocenters. The van der Waals surface area contributed by atoms with Crippen LogP contribution < -0.4 is 9.47 Å². The fraction of sp³-hybridized carbons (Fsp3) is 0.600. The van der Waals surface area contributed by atoms with Gasteiger partial charge in [-0.1, -0.05) is 26.7 Å². The highest BCUT2D eigenvalue weighted by atomic mass is 16.5. The standard InChI is InChI=1S/C15H24O3/c1-5-6-11(2)9-14(16)13-8-7-12(17-3)10-15(13)18-4/h7-8,10-11,14,16H,5-6,9H2,1-4H3. The highest BCUT2D eigenvalue weighted by molar-refractivity contribution is 5.41. The van der Waals surface area contributed by atoms with Crippen molar-refractivity contribution < 1.29 is 14.6 Å². The average Bonchev–Trinajstić information content (AvgIpc) is 2.38. The first-order chi connectivity index (χ1) is 8.62. The summed E-state index contributed by atoms with van der Waals surface area (Å²) < 4.78 is 10.5. The van der Waals surface area contributed by atoms with Crippen molar-refractivity contribution in [1.82, 2.24) is 0 Å². The summed E-state index contributed by atoms with van der Waals surface area (Å²) in [6, 6.07) is 5.54. The maximum atomic E-state index is 10.3. The Kier molecular flexibility index (Phi) is 5.99. The van der Waals surface area contributed by atoms with Gasteiger partial charge in [0.15, 0.2) is 0 Å². The van der Waals surface area contributed by atoms with E-state index in [1.54, 1.807) is 14.2 Å². The molecule has 0 spiro atoms. The molecule has 1 aromatic carbocycles. The van der Waals surface area contributed by atoms with Crippen molar-refractivity contribution in [1.29, 1.82) is 0 Å². The van der Waals surface area contributed by atoms with E-state index < -0.39 is 6.10 Å². The van der Waals surface area contributed by atoms with E-state index >= 15 is 0 Å². The molecule has 18 heavy (non-hydrogen) atoms. The molecule has 0 heterocycles. The van der Waals surface area contributed by atoms with Crippen molar-refractivity contribution in [2.45, 2.75) is 39.2 Å². The van der Waals surface area contributed by atoms with Gasteiger partial charge in [-0.3, -0.25) is 0 Å². The molecule has 1 N–H and O–H groups in total. The van der Waals surface area contributed by atoms with Gasteiger partial charge in [0.05, 0.1) is 20.3 Å². The molecule has 0 fully saturated rings. The van der Waals surface area contributed by atoms with Crippen LogP contribution in [0.3, 0.4) is 0 Å². The maximum Gasteiger partial charge on any atom is 0.128 e. The molecule has 3 nitrogen and oxygen atoms in total. The third kappa shape index (κ3) is 3.91. The lowest BCUT2D eigenvalue weighted by Gasteiger charge is -2.19. The summed E-state index contributed by atoms with van der Waals surface area (Å²) >= 11 is 0. The van der Waals surface area contributed by atoms with E-state index in [0.717, 1.165) is 30.6 Å². The lowest BCUT2D eigenvalue weighted by Crippen LogP contribution is -2.06. The number of aliphatic hydroxyl groups excluding tert-OH is 1. The summed E-state index contributed by atoms with van der Waals surface area (Å²) in [6.45, 7) is 4.33. The molecule has 0 saturated carbocycles. The van der Waals surface area contributed by atoms with Crippen molar-refractivity contribution in [2.24, 2.45) is 5.92 Å². The Balaban J connectivity index is 2.81. The van der Waals surface area contributed by atoms with Gasteiger partial charge in [0, 0.05) is 11.6 Å². The van der Waals surface area contributed by atoms with Gasteiger partial charge in [-0.05, 0) is 24.5 Å². The van der Waals surface area contributed by atoms with Crippen molar-refractivity contribution in [3.05, 3.63) is 23.8 Å². The number of ether oxygens (including phenoxy) is 2. The molecule has 0 saturated heterocycles. The zero-order valence-electron chi connectivity index (χ0n) is 11.8. The Bertz CT molecular complexity index is 363. The lowest BCUT2D eigenvalue weighted by atomic mass is 9.94. The zero-order chi connectivity index (χ0) is 13.5. The molecule has 0 aliphatic carbocycles. The van der Waals surface area contributed by atoms with E-state index in [2.05, 4.69) is 13.8 Å². The van der Waals surface area contributed by atoms with Crippen molar-refractivity contribution >= 4 is 0 Å². The number of hydrogen-bond acceptors (Lipinski definition) is 3. The Morgan fingerprint density at radius 3 is 2.50 bits per heavy atom. The minimum atomic E-state index is -0.479. The second kappa shape index (κ2) is 7.27. The second-order valence-electron chi connectivity index (χ2n) is 4.75. The first kappa shape index (κ1) is 14.8. The van der Waals surface area contributed by atoms with E-state index in [9.17, 15) is 5.11 Å². The molecule has 0 radical (unpaired) electrons. The maximum absolute atomic E-state index is 10.3. The fourth-order valence-electron chi connectivity index (χ4n) is 2.21. The molecule has 0 amide bonds. The topological polar surface area (TPSA) is 38.7 Å². The predicted octanol–water partition coefficient (Wildman–Crippen LogP) is 3.56. The Morgan fingerprint density at radius 2 is 1.94 bits per heavy atom. The highest BCUT2D eigenvalue weighted by Crippen LogP contribution is 2.33. The number of aliphatic hydroxyl groups is 1. The number of methoxy groups -OCH3 is 2. The van der Waals surface area contributed by atoms with Crippen LogP contribution >= 0.6 is 0 Å². The SMILES string of the molecule is CCCC(C)CC(O)c1ccc(OC)cc1OC. The summed E-state index contributed by atoms with van der Waals surface area (Å²) in [4.78, 5) is 0. The zero-order valence-corrected chi connectivity index (χ0v) is 11.8. The molecule has 2 unspecified atom stereocenters. The lowest BCUT2D eigenvalue weighted by molar-refractivity contribution is 0.141. The van der Waals surface area contributed by atoms with Gasteiger partial charge < -0.3 is 14.6 Å². The van der Waals surface area contributed by atoms with Crippen molar-refractivity contribution in [3.8, 4) is 11.5 Å². The first-order valence-electron chi connectivity index (χ1n) is 6.52. The summed E-state index contributed by atoms with van der Waals surface area (Å²) in [5.41, 5.74) is 0.834. The molecule has 1 rings (SSSR count). The second-order valence-corrected chi connectivity index (χ2v) is 4.75. The molecule has 0 aliphatic heterocycles. The largest absolute Gasteiger partial charge is 0.497 e. The van der Waals surface area contributed by atoms with Gasteiger partial charge in [0.1, 0.15) is 11.5 Å². The van der Waals surface area contributed by atoms with Crippen LogP contribution in [0.5, 0.6) is 11.5 Å². The highest BCUT2D eigenvalue weighted by Gasteiger charge is 2.16. The van der Waals surface area contributed by atoms with Crippen LogP contribution in [0, 0.1) is 5.92 Å². The normalized spacial score (nSPS) is 14.1. The van der Waals surface area contributed by atoms with Gasteiger partial charge in [-0.25, -0.2) is 0 Å². The van der Waals surface area contributed by atoms with Crippen LogP contribution in [0.2, 0.25) is 0 Å². The van der Waals surface area contributed by atoms with Gasteiger partial charge >= 0.3 is 0 Å². The predicted molar refractivity (Wildman–Crippen MR) is 73.2 cm³/mol. The molecule has 102 valence electrons. The molecule has 0 aromatic heterocycles. The monoisotopic (exact) mass is 252 g/mol. The van der Waals surface area contributed by atoms with E-state index in [1.807, 2.05) is 18.2 Å². The van der Waals surface area contributed by atoms with Crippen LogP contribution in [0.15, 0.2) is 18.2 Å². The molecule has 0 bridgehead atoms. The van der Waals surface area contributed by atoms with Crippen LogP contribution in [0.1, 0.15) is 44.8 Å². The van der Waals surface area contributed by atoms with Crippen LogP contribution in [-0.4, -0.2) is 19.3 Å². The van der Waals surface area contributed by atoms with Gasteiger partial charge in [0.2, 0.25) is 0 Å². The molecule has 0 aliphatic rings. The van der Waals surface area contributed by atoms with Gasteiger partial charge in [0.25, 0.3) is 0 Å². The third-order valence-electron chi connectivity index (χ3n) is 3.21. The first-order valence-corrected chi connectivity index (χ1v) is 6.52. The van der Waals surface area contributed by atoms with E-state index in [0.29, 0.717) is 11.7 Å². The fourth-order valence-corrected chi connectivity index (χ4v) is 2.21. The number of rotatable bonds is 7. The Hall–Kier alpha value is -1.22. The molecular weight excluding hydrogens is 228 g/mol. The smallest absolute Gasteiger partial charge is 0.128 e. The minimum absolute atomic E-state index is 0.479. The third-order valence-corrected chi connectivity index (χ3v) is 3.21. The molecule has 3 heteroatoms. The average molecular weight is 252 g/mol. The molecule has 1 aromatic rings. The van der Waals surface area contributed by atoms with Gasteiger partial charge in [-0.2, -0.15) is 0 Å². The van der Waals surface area contributed by atoms with Crippen molar-refractivity contribution in [3.63, 3.8) is 0 Å². The number of hydrogen-bond donors (Lipinski definition) is 1. The minimum Gasteiger partial charge on any atom is -0.497 e. The van der Waals surface area contributed by atoms with E-state index in [-0.39, 0.29) is 0 Å². The quantitative estimate of drug-likeness (QED) is 0.806. The molecular formula is C15H24O3. The number of benzene rings is 1. The summed E-state index contributed by atoms with van der Waals surface area (Å²) in [7, 11) is 3.23. The Morgan fingerprint density at radius 1 is 1.22 bits per heavy atom. The van der Waals surface area contributed by atoms with Gasteiger partial charge in [-0.15, -0.1) is 0 Å². The van der Waals surface area contributed by atoms with Crippen LogP contribution in [0.25, 0.3) is 0 Å². The Labute approximate surface area is 110 Å². The summed E-state index contributed by atoms with van der Waals surface area (Å²) in [6.07, 6.45) is 2.56. The summed E-state index contributed by atoms with van der Waals surface area (Å²) in [5.74, 6) is 1.94. The van der Waals surface area contributed by atoms with Crippen molar-refractivity contribution in [2.75, 3.05) is 14.2 Å².